The predicted octanol–water partition coefficient (Wildman–Crippen LogP) is 7.61. The van der Waals surface area contributed by atoms with Crippen molar-refractivity contribution in [2.75, 3.05) is 42.7 Å². The van der Waals surface area contributed by atoms with Crippen LogP contribution < -0.4 is 0 Å². The minimum atomic E-state index is -3.02. The zero-order chi connectivity index (χ0) is 28.9. The Labute approximate surface area is 254 Å². The van der Waals surface area contributed by atoms with Gasteiger partial charge in [-0.05, 0) is 24.3 Å². The van der Waals surface area contributed by atoms with E-state index in [9.17, 15) is 0 Å². The van der Waals surface area contributed by atoms with Crippen molar-refractivity contribution in [1.82, 2.24) is 9.97 Å². The number of rotatable bonds is 15. The van der Waals surface area contributed by atoms with E-state index in [1.807, 2.05) is 36.4 Å². The zero-order valence-electron chi connectivity index (χ0n) is 23.9. The molecule has 8 nitrogen and oxygen atoms in total. The van der Waals surface area contributed by atoms with Crippen LogP contribution in [0.3, 0.4) is 0 Å². The van der Waals surface area contributed by atoms with Crippen molar-refractivity contribution in [2.45, 2.75) is 35.4 Å². The van der Waals surface area contributed by atoms with E-state index in [2.05, 4.69) is 26.0 Å². The summed E-state index contributed by atoms with van der Waals surface area (Å²) in [5, 5.41) is 1.83. The number of fused-ring (bicyclic) bond motifs is 2. The van der Waals surface area contributed by atoms with E-state index in [1.54, 1.807) is 86.9 Å². The molecule has 0 aliphatic rings. The number of para-hydroxylation sites is 2. The number of hydrogen-bond acceptors (Lipinski definition) is 12. The van der Waals surface area contributed by atoms with Gasteiger partial charge in [-0.3, -0.25) is 0 Å². The molecule has 4 unspecified atom stereocenters. The summed E-state index contributed by atoms with van der Waals surface area (Å²) >= 11 is 3.38. The largest absolute Gasteiger partial charge is 0.504 e. The lowest BCUT2D eigenvalue weighted by Gasteiger charge is -2.36. The third-order valence-corrected chi connectivity index (χ3v) is 19.8. The fourth-order valence-corrected chi connectivity index (χ4v) is 17.5. The summed E-state index contributed by atoms with van der Waals surface area (Å²) in [6.07, 6.45) is 0. The van der Waals surface area contributed by atoms with E-state index in [0.29, 0.717) is 0 Å². The van der Waals surface area contributed by atoms with Gasteiger partial charge >= 0.3 is 17.6 Å². The fourth-order valence-electron chi connectivity index (χ4n) is 4.81. The van der Waals surface area contributed by atoms with Crippen molar-refractivity contribution in [3.05, 3.63) is 58.5 Å². The van der Waals surface area contributed by atoms with E-state index >= 15 is 0 Å². The van der Waals surface area contributed by atoms with Crippen molar-refractivity contribution < 1.29 is 26.6 Å². The minimum absolute atomic E-state index is 0.0818. The molecule has 0 bridgehead atoms. The normalized spacial score (nSPS) is 15.9. The molecule has 0 aliphatic heterocycles. The standard InChI is InChI=1S/C26H36N2O6S4Si2/c1-17(39(29-3,30-4)31-5)23(25-27-19-13-9-11-15-21(19)35-25)37-38-24(18(2)40(32-6,33-7)34-8)26-28-20-14-10-12-16-22(20)36-26/h9-18,23-24H,1-8H3. The lowest BCUT2D eigenvalue weighted by Crippen LogP contribution is -2.48. The first-order chi connectivity index (χ1) is 19.3. The minimum Gasteiger partial charge on any atom is -0.377 e. The highest BCUT2D eigenvalue weighted by Gasteiger charge is 2.52. The number of nitrogens with zero attached hydrogens (tertiary/aromatic N) is 2. The molecule has 4 aromatic rings. The van der Waals surface area contributed by atoms with Crippen LogP contribution in [0.15, 0.2) is 48.5 Å². The second-order valence-corrected chi connectivity index (χ2v) is 20.4. The molecule has 0 amide bonds. The molecular formula is C26H36N2O6S4Si2. The van der Waals surface area contributed by atoms with Gasteiger partial charge in [-0.1, -0.05) is 59.7 Å². The Hall–Kier alpha value is -0.886. The van der Waals surface area contributed by atoms with Crippen molar-refractivity contribution in [3.8, 4) is 0 Å². The first-order valence-electron chi connectivity index (χ1n) is 12.7. The smallest absolute Gasteiger partial charge is 0.377 e. The van der Waals surface area contributed by atoms with Gasteiger partial charge in [0.25, 0.3) is 0 Å². The Morgan fingerprint density at radius 2 is 0.900 bits per heavy atom. The summed E-state index contributed by atoms with van der Waals surface area (Å²) in [7, 11) is 7.38. The lowest BCUT2D eigenvalue weighted by molar-refractivity contribution is 0.112. The van der Waals surface area contributed by atoms with Gasteiger partial charge in [0.05, 0.1) is 30.9 Å². The Kier molecular flexibility index (Phi) is 11.3. The molecule has 4 atom stereocenters. The quantitative estimate of drug-likeness (QED) is 0.0942. The molecule has 4 rings (SSSR count). The van der Waals surface area contributed by atoms with Gasteiger partial charge in [0.1, 0.15) is 10.0 Å². The molecule has 2 aromatic heterocycles. The molecule has 0 radical (unpaired) electrons. The Balaban J connectivity index is 1.76. The summed E-state index contributed by atoms with van der Waals surface area (Å²) in [5.74, 6) is 0. The van der Waals surface area contributed by atoms with E-state index in [-0.39, 0.29) is 21.6 Å². The van der Waals surface area contributed by atoms with Crippen LogP contribution in [-0.4, -0.2) is 70.2 Å². The Morgan fingerprint density at radius 3 is 1.20 bits per heavy atom. The lowest BCUT2D eigenvalue weighted by atomic mass is 10.3. The van der Waals surface area contributed by atoms with Gasteiger partial charge in [0.2, 0.25) is 0 Å². The molecule has 2 aromatic carbocycles. The molecule has 0 N–H and O–H groups in total. The van der Waals surface area contributed by atoms with Crippen LogP contribution in [0.25, 0.3) is 20.4 Å². The van der Waals surface area contributed by atoms with Gasteiger partial charge in [-0.15, -0.1) is 22.7 Å². The Morgan fingerprint density at radius 1 is 0.575 bits per heavy atom. The number of thiazole rings is 2. The van der Waals surface area contributed by atoms with Crippen LogP contribution in [0.5, 0.6) is 0 Å². The molecule has 0 saturated carbocycles. The molecule has 2 heterocycles. The topological polar surface area (TPSA) is 81.2 Å². The molecule has 0 aliphatic carbocycles. The average molecular weight is 657 g/mol. The van der Waals surface area contributed by atoms with Crippen LogP contribution in [-0.2, 0) is 26.6 Å². The predicted molar refractivity (Wildman–Crippen MR) is 172 cm³/mol. The monoisotopic (exact) mass is 656 g/mol. The van der Waals surface area contributed by atoms with Crippen molar-refractivity contribution in [2.24, 2.45) is 0 Å². The summed E-state index contributed by atoms with van der Waals surface area (Å²) in [6.45, 7) is 4.25. The first-order valence-corrected chi connectivity index (χ1v) is 20.2. The molecule has 0 fully saturated rings. The van der Waals surface area contributed by atoms with Crippen molar-refractivity contribution in [1.29, 1.82) is 0 Å². The van der Waals surface area contributed by atoms with Gasteiger partial charge in [-0.25, -0.2) is 9.97 Å². The van der Waals surface area contributed by atoms with E-state index < -0.39 is 17.6 Å². The molecule has 218 valence electrons. The van der Waals surface area contributed by atoms with E-state index in [4.69, 9.17) is 36.5 Å². The van der Waals surface area contributed by atoms with Crippen LogP contribution in [0.2, 0.25) is 11.1 Å². The molecular weight excluding hydrogens is 621 g/mol. The third kappa shape index (κ3) is 6.23. The fraction of sp³-hybridized carbons (Fsp3) is 0.462. The first kappa shape index (κ1) is 32.0. The van der Waals surface area contributed by atoms with E-state index in [1.165, 1.54) is 0 Å². The van der Waals surface area contributed by atoms with E-state index in [0.717, 1.165) is 30.4 Å². The summed E-state index contributed by atoms with van der Waals surface area (Å²) in [6, 6.07) is 16.4. The van der Waals surface area contributed by atoms with Crippen molar-refractivity contribution in [3.63, 3.8) is 0 Å². The maximum Gasteiger partial charge on any atom is 0.504 e. The van der Waals surface area contributed by atoms with Gasteiger partial charge < -0.3 is 26.6 Å². The highest BCUT2D eigenvalue weighted by molar-refractivity contribution is 8.76. The highest BCUT2D eigenvalue weighted by Crippen LogP contribution is 2.58. The maximum absolute atomic E-state index is 5.95. The van der Waals surface area contributed by atoms with Crippen LogP contribution in [0.4, 0.5) is 0 Å². The molecule has 40 heavy (non-hydrogen) atoms. The summed E-state index contributed by atoms with van der Waals surface area (Å²) in [4.78, 5) is 10.1. The third-order valence-electron chi connectivity index (χ3n) is 7.10. The highest BCUT2D eigenvalue weighted by atomic mass is 33.1. The number of aromatic nitrogens is 2. The molecule has 14 heteroatoms. The number of hydrogen-bond donors (Lipinski definition) is 0. The number of benzene rings is 2. The SMILES string of the molecule is CO[Si](OC)(OC)C(C)C(SSC(c1nc2ccccc2s1)C(C)[Si](OC)(OC)OC)c1nc2ccccc2s1. The average Bonchev–Trinajstić information content (AvgIpc) is 3.62. The van der Waals surface area contributed by atoms with Crippen LogP contribution in [0.1, 0.15) is 34.4 Å². The van der Waals surface area contributed by atoms with Crippen molar-refractivity contribution >= 4 is 82.3 Å². The summed E-state index contributed by atoms with van der Waals surface area (Å²) < 4.78 is 37.9. The second-order valence-electron chi connectivity index (χ2n) is 9.08. The molecule has 0 spiro atoms. The van der Waals surface area contributed by atoms with Gasteiger partial charge in [0.15, 0.2) is 0 Å². The Bertz CT molecular complexity index is 1200. The van der Waals surface area contributed by atoms with Gasteiger partial charge in [0, 0.05) is 53.7 Å². The van der Waals surface area contributed by atoms with Crippen LogP contribution >= 0.6 is 44.3 Å². The van der Waals surface area contributed by atoms with Crippen LogP contribution in [0, 0.1) is 0 Å². The zero-order valence-corrected chi connectivity index (χ0v) is 29.2. The van der Waals surface area contributed by atoms with Gasteiger partial charge in [-0.2, -0.15) is 0 Å². The second kappa shape index (κ2) is 14.1. The summed E-state index contributed by atoms with van der Waals surface area (Å²) in [5.41, 5.74) is 1.77. The molecule has 0 saturated heterocycles. The maximum atomic E-state index is 5.95.